The molecule has 0 saturated heterocycles. The van der Waals surface area contributed by atoms with Gasteiger partial charge in [0.05, 0.1) is 6.26 Å². The number of aryl methyl sites for hydroxylation is 1. The maximum atomic E-state index is 5.48. The molecule has 2 aromatic rings. The molecule has 0 atom stereocenters. The predicted octanol–water partition coefficient (Wildman–Crippen LogP) is 4.04. The molecule has 0 heterocycles. The van der Waals surface area contributed by atoms with E-state index in [2.05, 4.69) is 6.92 Å². The smallest absolute Gasteiger partial charge is 0.126 e. The van der Waals surface area contributed by atoms with E-state index in [0.29, 0.717) is 0 Å². The normalized spacial score (nSPS) is 10.6. The lowest BCUT2D eigenvalue weighted by Crippen LogP contribution is -1.81. The number of ether oxygens (including phenoxy) is 1. The van der Waals surface area contributed by atoms with Gasteiger partial charge in [0.2, 0.25) is 0 Å². The lowest BCUT2D eigenvalue weighted by Gasteiger charge is -1.99. The molecule has 2 aromatic carbocycles. The minimum atomic E-state index is 0.859. The second-order valence-electron chi connectivity index (χ2n) is 3.64. The Bertz CT molecular complexity index is 455. The van der Waals surface area contributed by atoms with Crippen LogP contribution in [0.1, 0.15) is 11.1 Å². The Morgan fingerprint density at radius 3 is 2.25 bits per heavy atom. The molecule has 0 fully saturated rings. The van der Waals surface area contributed by atoms with Crippen LogP contribution in [-0.4, -0.2) is 0 Å². The van der Waals surface area contributed by atoms with E-state index >= 15 is 0 Å². The summed E-state index contributed by atoms with van der Waals surface area (Å²) in [6.45, 7) is 2.06. The molecule has 0 bridgehead atoms. The van der Waals surface area contributed by atoms with Crippen LogP contribution in [0.2, 0.25) is 0 Å². The minimum Gasteiger partial charge on any atom is -0.465 e. The fourth-order valence-electron chi connectivity index (χ4n) is 1.37. The largest absolute Gasteiger partial charge is 0.465 e. The summed E-state index contributed by atoms with van der Waals surface area (Å²) in [5.74, 6) is 0.859. The Morgan fingerprint density at radius 2 is 1.56 bits per heavy atom. The summed E-state index contributed by atoms with van der Waals surface area (Å²) in [5.41, 5.74) is 2.37. The lowest BCUT2D eigenvalue weighted by atomic mass is 10.2. The first-order chi connectivity index (χ1) is 7.84. The molecule has 0 aliphatic heterocycles. The van der Waals surface area contributed by atoms with Crippen LogP contribution in [0.15, 0.2) is 60.9 Å². The summed E-state index contributed by atoms with van der Waals surface area (Å²) in [5, 5.41) is 0. The van der Waals surface area contributed by atoms with Crippen molar-refractivity contribution in [3.63, 3.8) is 0 Å². The molecule has 0 N–H and O–H groups in total. The van der Waals surface area contributed by atoms with Gasteiger partial charge in [-0.25, -0.2) is 0 Å². The number of hydrogen-bond donors (Lipinski definition) is 0. The van der Waals surface area contributed by atoms with Crippen molar-refractivity contribution in [1.29, 1.82) is 0 Å². The molecule has 16 heavy (non-hydrogen) atoms. The highest BCUT2D eigenvalue weighted by atomic mass is 16.5. The zero-order chi connectivity index (χ0) is 11.2. The summed E-state index contributed by atoms with van der Waals surface area (Å²) in [4.78, 5) is 0. The molecular weight excluding hydrogens is 196 g/mol. The van der Waals surface area contributed by atoms with Gasteiger partial charge in [0, 0.05) is 0 Å². The highest BCUT2D eigenvalue weighted by molar-refractivity contribution is 5.48. The lowest BCUT2D eigenvalue weighted by molar-refractivity contribution is 0.485. The van der Waals surface area contributed by atoms with Crippen LogP contribution in [0, 0.1) is 6.92 Å². The van der Waals surface area contributed by atoms with Crippen LogP contribution >= 0.6 is 0 Å². The molecule has 0 aliphatic carbocycles. The molecular formula is C15H14O. The van der Waals surface area contributed by atoms with Gasteiger partial charge in [-0.2, -0.15) is 0 Å². The minimum absolute atomic E-state index is 0.859. The summed E-state index contributed by atoms with van der Waals surface area (Å²) < 4.78 is 5.48. The standard InChI is InChI=1S/C15H14O/c1-13-7-9-15(10-8-13)16-12-11-14-5-3-2-4-6-14/h2-12H,1H3. The molecule has 0 unspecified atom stereocenters. The van der Waals surface area contributed by atoms with Gasteiger partial charge in [-0.05, 0) is 30.7 Å². The van der Waals surface area contributed by atoms with Crippen LogP contribution in [-0.2, 0) is 0 Å². The van der Waals surface area contributed by atoms with Crippen LogP contribution in [0.5, 0.6) is 5.75 Å². The molecule has 0 amide bonds. The van der Waals surface area contributed by atoms with Crippen molar-refractivity contribution in [3.05, 3.63) is 72.0 Å². The first-order valence-electron chi connectivity index (χ1n) is 5.29. The summed E-state index contributed by atoms with van der Waals surface area (Å²) in [6, 6.07) is 18.1. The van der Waals surface area contributed by atoms with E-state index in [0.717, 1.165) is 11.3 Å². The van der Waals surface area contributed by atoms with E-state index in [9.17, 15) is 0 Å². The number of benzene rings is 2. The number of hydrogen-bond acceptors (Lipinski definition) is 1. The second-order valence-corrected chi connectivity index (χ2v) is 3.64. The van der Waals surface area contributed by atoms with E-state index in [1.54, 1.807) is 6.26 Å². The van der Waals surface area contributed by atoms with Crippen LogP contribution < -0.4 is 4.74 Å². The number of rotatable bonds is 3. The third-order valence-corrected chi connectivity index (χ3v) is 2.29. The Labute approximate surface area is 96.0 Å². The monoisotopic (exact) mass is 210 g/mol. The van der Waals surface area contributed by atoms with Crippen LogP contribution in [0.4, 0.5) is 0 Å². The molecule has 1 heteroatoms. The zero-order valence-electron chi connectivity index (χ0n) is 9.26. The van der Waals surface area contributed by atoms with Crippen molar-refractivity contribution in [1.82, 2.24) is 0 Å². The Morgan fingerprint density at radius 1 is 0.875 bits per heavy atom. The second kappa shape index (κ2) is 5.17. The van der Waals surface area contributed by atoms with Gasteiger partial charge in [0.1, 0.15) is 5.75 Å². The van der Waals surface area contributed by atoms with Gasteiger partial charge < -0.3 is 4.74 Å². The first kappa shape index (κ1) is 10.5. The third-order valence-electron chi connectivity index (χ3n) is 2.29. The summed E-state index contributed by atoms with van der Waals surface area (Å²) >= 11 is 0. The van der Waals surface area contributed by atoms with E-state index < -0.39 is 0 Å². The van der Waals surface area contributed by atoms with Gasteiger partial charge >= 0.3 is 0 Å². The Balaban J connectivity index is 1.97. The quantitative estimate of drug-likeness (QED) is 0.694. The summed E-state index contributed by atoms with van der Waals surface area (Å²) in [7, 11) is 0. The third kappa shape index (κ3) is 2.99. The van der Waals surface area contributed by atoms with Gasteiger partial charge in [-0.15, -0.1) is 0 Å². The average molecular weight is 210 g/mol. The molecule has 0 radical (unpaired) electrons. The van der Waals surface area contributed by atoms with Crippen LogP contribution in [0.3, 0.4) is 0 Å². The molecule has 80 valence electrons. The van der Waals surface area contributed by atoms with Crippen molar-refractivity contribution < 1.29 is 4.74 Å². The van der Waals surface area contributed by atoms with Gasteiger partial charge in [0.25, 0.3) is 0 Å². The molecule has 0 spiro atoms. The van der Waals surface area contributed by atoms with Crippen molar-refractivity contribution in [2.75, 3.05) is 0 Å². The van der Waals surface area contributed by atoms with E-state index in [1.165, 1.54) is 5.56 Å². The summed E-state index contributed by atoms with van der Waals surface area (Å²) in [6.07, 6.45) is 3.65. The Kier molecular flexibility index (Phi) is 3.39. The van der Waals surface area contributed by atoms with Gasteiger partial charge in [-0.1, -0.05) is 48.0 Å². The van der Waals surface area contributed by atoms with E-state index in [4.69, 9.17) is 4.74 Å². The fourth-order valence-corrected chi connectivity index (χ4v) is 1.37. The van der Waals surface area contributed by atoms with Gasteiger partial charge in [-0.3, -0.25) is 0 Å². The zero-order valence-corrected chi connectivity index (χ0v) is 9.26. The van der Waals surface area contributed by atoms with Crippen molar-refractivity contribution in [2.24, 2.45) is 0 Å². The maximum absolute atomic E-state index is 5.48. The fraction of sp³-hybridized carbons (Fsp3) is 0.0667. The van der Waals surface area contributed by atoms with Gasteiger partial charge in [0.15, 0.2) is 0 Å². The molecule has 0 aromatic heterocycles. The SMILES string of the molecule is Cc1ccc(OC=Cc2ccccc2)cc1. The van der Waals surface area contributed by atoms with E-state index in [1.807, 2.05) is 60.7 Å². The Hall–Kier alpha value is -2.02. The highest BCUT2D eigenvalue weighted by Crippen LogP contribution is 2.12. The first-order valence-corrected chi connectivity index (χ1v) is 5.29. The topological polar surface area (TPSA) is 9.23 Å². The molecule has 0 aliphatic rings. The maximum Gasteiger partial charge on any atom is 0.126 e. The molecule has 0 saturated carbocycles. The highest BCUT2D eigenvalue weighted by Gasteiger charge is 1.89. The molecule has 2 rings (SSSR count). The predicted molar refractivity (Wildman–Crippen MR) is 67.3 cm³/mol. The van der Waals surface area contributed by atoms with E-state index in [-0.39, 0.29) is 0 Å². The van der Waals surface area contributed by atoms with Crippen molar-refractivity contribution in [2.45, 2.75) is 6.92 Å². The molecule has 1 nitrogen and oxygen atoms in total. The average Bonchev–Trinajstić information content (AvgIpc) is 2.33. The van der Waals surface area contributed by atoms with Crippen molar-refractivity contribution >= 4 is 6.08 Å². The van der Waals surface area contributed by atoms with Crippen LogP contribution in [0.25, 0.3) is 6.08 Å². The van der Waals surface area contributed by atoms with Crippen molar-refractivity contribution in [3.8, 4) is 5.75 Å².